The van der Waals surface area contributed by atoms with E-state index in [0.29, 0.717) is 0 Å². The molecule has 0 fully saturated rings. The molecular formula is C15H15F3N2O. The Morgan fingerprint density at radius 1 is 1.14 bits per heavy atom. The number of nitrogens with one attached hydrogen (secondary N) is 1. The van der Waals surface area contributed by atoms with Crippen LogP contribution in [0.2, 0.25) is 0 Å². The first-order chi connectivity index (χ1) is 9.91. The summed E-state index contributed by atoms with van der Waals surface area (Å²) in [4.78, 5) is 4.17. The van der Waals surface area contributed by atoms with Crippen molar-refractivity contribution in [3.05, 3.63) is 53.9 Å². The quantitative estimate of drug-likeness (QED) is 0.919. The van der Waals surface area contributed by atoms with Gasteiger partial charge in [-0.1, -0.05) is 12.1 Å². The smallest absolute Gasteiger partial charge is 0.419 e. The molecule has 0 aliphatic heterocycles. The number of ether oxygens (including phenoxy) is 1. The molecule has 1 aromatic heterocycles. The molecule has 6 heteroatoms. The number of aromatic nitrogens is 1. The van der Waals surface area contributed by atoms with Crippen molar-refractivity contribution < 1.29 is 17.9 Å². The van der Waals surface area contributed by atoms with Crippen molar-refractivity contribution in [1.82, 2.24) is 10.3 Å². The molecule has 0 bridgehead atoms. The number of hydrogen-bond donors (Lipinski definition) is 1. The second-order valence-corrected chi connectivity index (χ2v) is 4.53. The zero-order valence-electron chi connectivity index (χ0n) is 11.6. The van der Waals surface area contributed by atoms with Crippen LogP contribution in [0.15, 0.2) is 42.6 Å². The van der Waals surface area contributed by atoms with Gasteiger partial charge in [0.1, 0.15) is 11.5 Å². The molecule has 0 aliphatic rings. The minimum Gasteiger partial charge on any atom is -0.455 e. The highest BCUT2D eigenvalue weighted by Crippen LogP contribution is 2.37. The fraction of sp³-hybridized carbons (Fsp3) is 0.267. The fourth-order valence-corrected chi connectivity index (χ4v) is 1.77. The summed E-state index contributed by atoms with van der Waals surface area (Å²) in [6, 6.07) is 8.46. The van der Waals surface area contributed by atoms with Crippen LogP contribution in [0.1, 0.15) is 24.2 Å². The zero-order chi connectivity index (χ0) is 15.5. The molecule has 0 aliphatic carbocycles. The van der Waals surface area contributed by atoms with Gasteiger partial charge in [0.25, 0.3) is 0 Å². The third-order valence-electron chi connectivity index (χ3n) is 3.06. The normalized spacial score (nSPS) is 13.0. The lowest BCUT2D eigenvalue weighted by molar-refractivity contribution is -0.138. The van der Waals surface area contributed by atoms with Gasteiger partial charge in [-0.2, -0.15) is 13.2 Å². The first kappa shape index (κ1) is 15.3. The molecule has 1 atom stereocenters. The lowest BCUT2D eigenvalue weighted by atomic mass is 10.2. The number of nitrogens with zero attached hydrogens (tertiary/aromatic N) is 1. The predicted molar refractivity (Wildman–Crippen MR) is 73.2 cm³/mol. The number of para-hydroxylation sites is 1. The summed E-state index contributed by atoms with van der Waals surface area (Å²) >= 11 is 0. The topological polar surface area (TPSA) is 34.1 Å². The summed E-state index contributed by atoms with van der Waals surface area (Å²) in [5.74, 6) is 0.0277. The number of halogens is 3. The van der Waals surface area contributed by atoms with E-state index in [1.165, 1.54) is 24.4 Å². The number of rotatable bonds is 4. The van der Waals surface area contributed by atoms with Crippen LogP contribution in [0, 0.1) is 0 Å². The van der Waals surface area contributed by atoms with E-state index in [1.807, 2.05) is 6.92 Å². The molecule has 1 unspecified atom stereocenters. The van der Waals surface area contributed by atoms with E-state index in [2.05, 4.69) is 10.3 Å². The third kappa shape index (κ3) is 3.72. The molecular weight excluding hydrogens is 281 g/mol. The van der Waals surface area contributed by atoms with Crippen LogP contribution in [0.5, 0.6) is 11.5 Å². The highest BCUT2D eigenvalue weighted by atomic mass is 19.4. The summed E-state index contributed by atoms with van der Waals surface area (Å²) in [6.07, 6.45) is -3.04. The maximum absolute atomic E-state index is 12.9. The van der Waals surface area contributed by atoms with Crippen molar-refractivity contribution in [2.45, 2.75) is 19.1 Å². The van der Waals surface area contributed by atoms with Crippen LogP contribution < -0.4 is 10.1 Å². The van der Waals surface area contributed by atoms with Gasteiger partial charge in [-0.05, 0) is 38.2 Å². The van der Waals surface area contributed by atoms with Gasteiger partial charge in [-0.3, -0.25) is 4.98 Å². The van der Waals surface area contributed by atoms with Crippen molar-refractivity contribution in [3.8, 4) is 11.5 Å². The van der Waals surface area contributed by atoms with Crippen LogP contribution >= 0.6 is 0 Å². The van der Waals surface area contributed by atoms with Gasteiger partial charge in [-0.25, -0.2) is 0 Å². The van der Waals surface area contributed by atoms with E-state index >= 15 is 0 Å². The molecule has 2 rings (SSSR count). The Kier molecular flexibility index (Phi) is 4.47. The molecule has 1 N–H and O–H groups in total. The third-order valence-corrected chi connectivity index (χ3v) is 3.06. The molecule has 1 heterocycles. The van der Waals surface area contributed by atoms with Crippen molar-refractivity contribution in [3.63, 3.8) is 0 Å². The standard InChI is InChI=1S/C15H15F3N2O/c1-10(19-2)13-8-7-11(9-20-13)21-14-6-4-3-5-12(14)15(16,17)18/h3-10,19H,1-2H3. The lowest BCUT2D eigenvalue weighted by Crippen LogP contribution is -2.13. The summed E-state index contributed by atoms with van der Waals surface area (Å²) < 4.78 is 43.9. The minimum absolute atomic E-state index is 0.0570. The van der Waals surface area contributed by atoms with E-state index in [4.69, 9.17) is 4.74 Å². The van der Waals surface area contributed by atoms with Gasteiger partial charge in [0.05, 0.1) is 17.5 Å². The van der Waals surface area contributed by atoms with Crippen LogP contribution in [-0.4, -0.2) is 12.0 Å². The number of pyridine rings is 1. The second kappa shape index (κ2) is 6.13. The molecule has 1 aromatic carbocycles. The van der Waals surface area contributed by atoms with E-state index in [0.717, 1.165) is 11.8 Å². The number of benzene rings is 1. The molecule has 2 aromatic rings. The van der Waals surface area contributed by atoms with Gasteiger partial charge >= 0.3 is 6.18 Å². The molecule has 3 nitrogen and oxygen atoms in total. The van der Waals surface area contributed by atoms with E-state index in [1.54, 1.807) is 19.2 Å². The van der Waals surface area contributed by atoms with Gasteiger partial charge in [-0.15, -0.1) is 0 Å². The lowest BCUT2D eigenvalue weighted by Gasteiger charge is -2.14. The van der Waals surface area contributed by atoms with Crippen molar-refractivity contribution in [1.29, 1.82) is 0 Å². The Morgan fingerprint density at radius 2 is 1.86 bits per heavy atom. The number of hydrogen-bond acceptors (Lipinski definition) is 3. The first-order valence-electron chi connectivity index (χ1n) is 6.39. The zero-order valence-corrected chi connectivity index (χ0v) is 11.6. The maximum Gasteiger partial charge on any atom is 0.419 e. The summed E-state index contributed by atoms with van der Waals surface area (Å²) in [5, 5.41) is 3.03. The van der Waals surface area contributed by atoms with E-state index in [9.17, 15) is 13.2 Å². The predicted octanol–water partition coefficient (Wildman–Crippen LogP) is 4.17. The van der Waals surface area contributed by atoms with Crippen LogP contribution in [0.4, 0.5) is 13.2 Å². The Morgan fingerprint density at radius 3 is 2.43 bits per heavy atom. The van der Waals surface area contributed by atoms with Crippen molar-refractivity contribution in [2.24, 2.45) is 0 Å². The summed E-state index contributed by atoms with van der Waals surface area (Å²) in [6.45, 7) is 1.93. The monoisotopic (exact) mass is 296 g/mol. The van der Waals surface area contributed by atoms with Crippen molar-refractivity contribution >= 4 is 0 Å². The molecule has 0 saturated heterocycles. The van der Waals surface area contributed by atoms with Crippen LogP contribution in [0.3, 0.4) is 0 Å². The van der Waals surface area contributed by atoms with Gasteiger partial charge < -0.3 is 10.1 Å². The van der Waals surface area contributed by atoms with E-state index in [-0.39, 0.29) is 17.5 Å². The molecule has 112 valence electrons. The Balaban J connectivity index is 2.23. The van der Waals surface area contributed by atoms with Crippen LogP contribution in [-0.2, 0) is 6.18 Å². The highest BCUT2D eigenvalue weighted by Gasteiger charge is 2.34. The SMILES string of the molecule is CNC(C)c1ccc(Oc2ccccc2C(F)(F)F)cn1. The fourth-order valence-electron chi connectivity index (χ4n) is 1.77. The molecule has 0 radical (unpaired) electrons. The molecule has 0 amide bonds. The van der Waals surface area contributed by atoms with Gasteiger partial charge in [0, 0.05) is 6.04 Å². The Bertz CT molecular complexity index is 597. The van der Waals surface area contributed by atoms with Crippen molar-refractivity contribution in [2.75, 3.05) is 7.05 Å². The minimum atomic E-state index is -4.45. The first-order valence-corrected chi connectivity index (χ1v) is 6.39. The Hall–Kier alpha value is -2.08. The Labute approximate surface area is 120 Å². The van der Waals surface area contributed by atoms with Gasteiger partial charge in [0.2, 0.25) is 0 Å². The average molecular weight is 296 g/mol. The average Bonchev–Trinajstić information content (AvgIpc) is 2.47. The maximum atomic E-state index is 12.9. The number of alkyl halides is 3. The van der Waals surface area contributed by atoms with E-state index < -0.39 is 11.7 Å². The molecule has 0 spiro atoms. The summed E-state index contributed by atoms with van der Waals surface area (Å²) in [5.41, 5.74) is -0.0216. The summed E-state index contributed by atoms with van der Waals surface area (Å²) in [7, 11) is 1.80. The van der Waals surface area contributed by atoms with Gasteiger partial charge in [0.15, 0.2) is 0 Å². The molecule has 21 heavy (non-hydrogen) atoms. The van der Waals surface area contributed by atoms with Crippen LogP contribution in [0.25, 0.3) is 0 Å². The second-order valence-electron chi connectivity index (χ2n) is 4.53. The molecule has 0 saturated carbocycles. The highest BCUT2D eigenvalue weighted by molar-refractivity contribution is 5.39. The largest absolute Gasteiger partial charge is 0.455 e.